The number of amides is 1. The summed E-state index contributed by atoms with van der Waals surface area (Å²) in [6, 6.07) is 7.65. The summed E-state index contributed by atoms with van der Waals surface area (Å²) >= 11 is 0. The number of carbonyl (C=O) groups is 1. The monoisotopic (exact) mass is 478 g/mol. The molecule has 35 heavy (non-hydrogen) atoms. The van der Waals surface area contributed by atoms with Crippen LogP contribution in [0.2, 0.25) is 0 Å². The Morgan fingerprint density at radius 1 is 1.11 bits per heavy atom. The predicted octanol–water partition coefficient (Wildman–Crippen LogP) is 6.09. The molecule has 0 aromatic heterocycles. The van der Waals surface area contributed by atoms with Crippen molar-refractivity contribution in [1.29, 1.82) is 0 Å². The highest BCUT2D eigenvalue weighted by molar-refractivity contribution is 5.79. The van der Waals surface area contributed by atoms with Crippen molar-refractivity contribution in [2.45, 2.75) is 83.7 Å². The largest absolute Gasteiger partial charge is 0.342 e. The second-order valence-electron chi connectivity index (χ2n) is 13.0. The van der Waals surface area contributed by atoms with E-state index in [2.05, 4.69) is 31.9 Å². The van der Waals surface area contributed by atoms with Crippen molar-refractivity contribution < 1.29 is 9.18 Å². The third-order valence-electron chi connectivity index (χ3n) is 11.9. The van der Waals surface area contributed by atoms with E-state index < -0.39 is 0 Å². The zero-order chi connectivity index (χ0) is 24.5. The van der Waals surface area contributed by atoms with E-state index in [0.29, 0.717) is 16.4 Å². The number of nitrogens with zero attached hydrogens (tertiary/aromatic N) is 2. The first-order chi connectivity index (χ1) is 16.7. The van der Waals surface area contributed by atoms with Gasteiger partial charge in [0, 0.05) is 25.7 Å². The van der Waals surface area contributed by atoms with Gasteiger partial charge in [0.1, 0.15) is 5.82 Å². The van der Waals surface area contributed by atoms with Gasteiger partial charge in [0.25, 0.3) is 0 Å². The standard InChI is InChI=1S/C31H43FN2O/c1-20-25-11-12-27-24-10-9-22-18-23(34(4)29(35)17-21-7-5-6-8-28(21)32)13-15-30(22,2)26(24)14-16-31(25,27)19-33(20)3/h5-9,20,23-27H,10-19H2,1-4H3/t20-,23-,24+,25+,26?,27-,30-,31-/m0/s1. The second-order valence-corrected chi connectivity index (χ2v) is 13.0. The molecule has 1 unspecified atom stereocenters. The number of halogens is 1. The van der Waals surface area contributed by atoms with E-state index in [9.17, 15) is 9.18 Å². The zero-order valence-electron chi connectivity index (χ0n) is 22.1. The van der Waals surface area contributed by atoms with Crippen LogP contribution in [0.25, 0.3) is 0 Å². The van der Waals surface area contributed by atoms with Crippen LogP contribution < -0.4 is 0 Å². The van der Waals surface area contributed by atoms with Gasteiger partial charge in [-0.05, 0) is 111 Å². The summed E-state index contributed by atoms with van der Waals surface area (Å²) in [7, 11) is 4.29. The van der Waals surface area contributed by atoms with Crippen LogP contribution >= 0.6 is 0 Å². The number of hydrogen-bond acceptors (Lipinski definition) is 2. The normalized spacial score (nSPS) is 42.5. The molecule has 1 aliphatic heterocycles. The number of rotatable bonds is 3. The highest BCUT2D eigenvalue weighted by Crippen LogP contribution is 2.68. The number of likely N-dealkylation sites (N-methyl/N-ethyl adjacent to an activating group) is 1. The zero-order valence-corrected chi connectivity index (χ0v) is 22.1. The molecule has 1 heterocycles. The molecule has 1 saturated heterocycles. The average Bonchev–Trinajstić information content (AvgIpc) is 3.33. The first-order valence-electron chi connectivity index (χ1n) is 14.1. The topological polar surface area (TPSA) is 23.6 Å². The van der Waals surface area contributed by atoms with Crippen LogP contribution in [0.15, 0.2) is 35.9 Å². The molecule has 1 spiro atoms. The van der Waals surface area contributed by atoms with Crippen LogP contribution in [0, 0.1) is 40.3 Å². The van der Waals surface area contributed by atoms with Crippen molar-refractivity contribution in [2.24, 2.45) is 34.5 Å². The van der Waals surface area contributed by atoms with Gasteiger partial charge >= 0.3 is 0 Å². The first-order valence-corrected chi connectivity index (χ1v) is 14.1. The van der Waals surface area contributed by atoms with Gasteiger partial charge in [-0.1, -0.05) is 36.8 Å². The van der Waals surface area contributed by atoms with Crippen molar-refractivity contribution in [3.63, 3.8) is 0 Å². The van der Waals surface area contributed by atoms with E-state index in [1.807, 2.05) is 18.0 Å². The van der Waals surface area contributed by atoms with Crippen LogP contribution in [0.1, 0.15) is 70.8 Å². The number of benzene rings is 1. The molecule has 8 atom stereocenters. The molecule has 0 bridgehead atoms. The molecule has 4 fully saturated rings. The minimum Gasteiger partial charge on any atom is -0.342 e. The third kappa shape index (κ3) is 3.49. The summed E-state index contributed by atoms with van der Waals surface area (Å²) in [5.41, 5.74) is 2.99. The van der Waals surface area contributed by atoms with Crippen molar-refractivity contribution in [3.8, 4) is 0 Å². The molecular formula is C31H43FN2O. The fourth-order valence-corrected chi connectivity index (χ4v) is 9.91. The Balaban J connectivity index is 1.18. The van der Waals surface area contributed by atoms with Gasteiger partial charge in [-0.3, -0.25) is 4.79 Å². The fraction of sp³-hybridized carbons (Fsp3) is 0.710. The quantitative estimate of drug-likeness (QED) is 0.491. The SMILES string of the molecule is C[C@H]1[C@H]2CC[C@H]3[C@@H]4CC=C5C[C@@H](N(C)C(=O)Cc6ccccc6F)CC[C@]5(C)C4CC[C@]23CN1C. The summed E-state index contributed by atoms with van der Waals surface area (Å²) in [4.78, 5) is 17.6. The molecule has 4 aliphatic carbocycles. The van der Waals surface area contributed by atoms with Crippen LogP contribution in [0.4, 0.5) is 4.39 Å². The van der Waals surface area contributed by atoms with Crippen molar-refractivity contribution in [1.82, 2.24) is 9.80 Å². The van der Waals surface area contributed by atoms with Crippen LogP contribution in [-0.4, -0.2) is 48.4 Å². The minimum atomic E-state index is -0.279. The van der Waals surface area contributed by atoms with E-state index >= 15 is 0 Å². The van der Waals surface area contributed by atoms with Gasteiger partial charge in [0.2, 0.25) is 5.91 Å². The molecule has 1 aromatic rings. The Kier molecular flexibility index (Phi) is 5.71. The Morgan fingerprint density at radius 2 is 1.89 bits per heavy atom. The highest BCUT2D eigenvalue weighted by atomic mass is 19.1. The Morgan fingerprint density at radius 3 is 2.69 bits per heavy atom. The lowest BCUT2D eigenvalue weighted by Crippen LogP contribution is -2.53. The van der Waals surface area contributed by atoms with Gasteiger partial charge in [-0.25, -0.2) is 4.39 Å². The van der Waals surface area contributed by atoms with E-state index in [-0.39, 0.29) is 24.2 Å². The van der Waals surface area contributed by atoms with Gasteiger partial charge in [-0.2, -0.15) is 0 Å². The number of fused-ring (bicyclic) bond motifs is 4. The molecular weight excluding hydrogens is 435 g/mol. The third-order valence-corrected chi connectivity index (χ3v) is 11.9. The van der Waals surface area contributed by atoms with E-state index in [1.54, 1.807) is 17.7 Å². The van der Waals surface area contributed by atoms with Gasteiger partial charge in [0.05, 0.1) is 6.42 Å². The first kappa shape index (κ1) is 23.7. The summed E-state index contributed by atoms with van der Waals surface area (Å²) in [5.74, 6) is 3.21. The van der Waals surface area contributed by atoms with Crippen LogP contribution in [0.3, 0.4) is 0 Å². The molecule has 1 amide bonds. The average molecular weight is 479 g/mol. The smallest absolute Gasteiger partial charge is 0.227 e. The number of allylic oxidation sites excluding steroid dienone is 1. The maximum absolute atomic E-state index is 14.1. The molecule has 6 rings (SSSR count). The summed E-state index contributed by atoms with van der Waals surface area (Å²) in [6.45, 7) is 6.34. The van der Waals surface area contributed by atoms with E-state index in [0.717, 1.165) is 42.6 Å². The molecule has 4 heteroatoms. The summed E-state index contributed by atoms with van der Waals surface area (Å²) < 4.78 is 14.1. The van der Waals surface area contributed by atoms with Gasteiger partial charge in [0.15, 0.2) is 0 Å². The lowest BCUT2D eigenvalue weighted by Gasteiger charge is -2.58. The van der Waals surface area contributed by atoms with Gasteiger partial charge in [-0.15, -0.1) is 0 Å². The Bertz CT molecular complexity index is 1040. The fourth-order valence-electron chi connectivity index (χ4n) is 9.91. The number of carbonyl (C=O) groups excluding carboxylic acids is 1. The molecule has 3 nitrogen and oxygen atoms in total. The van der Waals surface area contributed by atoms with Crippen LogP contribution in [0.5, 0.6) is 0 Å². The molecule has 190 valence electrons. The predicted molar refractivity (Wildman–Crippen MR) is 138 cm³/mol. The molecule has 0 N–H and O–H groups in total. The lowest BCUT2D eigenvalue weighted by molar-refractivity contribution is -0.132. The second kappa shape index (κ2) is 8.43. The molecule has 0 radical (unpaired) electrons. The van der Waals surface area contributed by atoms with Crippen molar-refractivity contribution in [2.75, 3.05) is 20.6 Å². The summed E-state index contributed by atoms with van der Waals surface area (Å²) in [5, 5.41) is 0. The summed E-state index contributed by atoms with van der Waals surface area (Å²) in [6.07, 6.45) is 12.9. The Labute approximate surface area is 211 Å². The highest BCUT2D eigenvalue weighted by Gasteiger charge is 2.64. The minimum absolute atomic E-state index is 0.0362. The molecule has 5 aliphatic rings. The maximum Gasteiger partial charge on any atom is 0.227 e. The number of likely N-dealkylation sites (tertiary alicyclic amines) is 1. The van der Waals surface area contributed by atoms with Crippen molar-refractivity contribution >= 4 is 5.91 Å². The molecule has 1 aromatic carbocycles. The maximum atomic E-state index is 14.1. The van der Waals surface area contributed by atoms with Crippen molar-refractivity contribution in [3.05, 3.63) is 47.3 Å². The molecule has 3 saturated carbocycles. The van der Waals surface area contributed by atoms with E-state index in [4.69, 9.17) is 0 Å². The van der Waals surface area contributed by atoms with E-state index in [1.165, 1.54) is 51.1 Å². The lowest BCUT2D eigenvalue weighted by atomic mass is 9.47. The van der Waals surface area contributed by atoms with Gasteiger partial charge < -0.3 is 9.80 Å². The Hall–Kier alpha value is -1.68. The number of hydrogen-bond donors (Lipinski definition) is 0. The van der Waals surface area contributed by atoms with Crippen LogP contribution in [-0.2, 0) is 11.2 Å².